The lowest BCUT2D eigenvalue weighted by Crippen LogP contribution is -2.61. The van der Waals surface area contributed by atoms with Crippen molar-refractivity contribution >= 4 is 17.7 Å². The van der Waals surface area contributed by atoms with E-state index in [0.717, 1.165) is 53.8 Å². The average molecular weight is 589 g/mol. The molecule has 0 saturated carbocycles. The van der Waals surface area contributed by atoms with Crippen LogP contribution in [0, 0.1) is 5.41 Å². The molecule has 3 heterocycles. The van der Waals surface area contributed by atoms with E-state index >= 15 is 0 Å². The summed E-state index contributed by atoms with van der Waals surface area (Å²) in [6.07, 6.45) is 4.62. The van der Waals surface area contributed by atoms with Gasteiger partial charge in [0.1, 0.15) is 24.2 Å². The Kier molecular flexibility index (Phi) is 8.07. The maximum Gasteiger partial charge on any atom is 0.246 e. The van der Waals surface area contributed by atoms with Crippen molar-refractivity contribution in [3.8, 4) is 0 Å². The second kappa shape index (κ2) is 11.3. The lowest BCUT2D eigenvalue weighted by atomic mass is 9.81. The van der Waals surface area contributed by atoms with Crippen LogP contribution in [0.3, 0.4) is 0 Å². The third-order valence-corrected chi connectivity index (χ3v) is 9.21. The number of allylic oxidation sites excluding steroid dienone is 1. The first kappa shape index (κ1) is 30.6. The van der Waals surface area contributed by atoms with Crippen LogP contribution in [0.15, 0.2) is 71.7 Å². The molecule has 230 valence electrons. The molecule has 43 heavy (non-hydrogen) atoms. The van der Waals surface area contributed by atoms with Gasteiger partial charge in [0, 0.05) is 25.8 Å². The number of nitrogens with one attached hydrogen (secondary N) is 2. The molecule has 0 aromatic heterocycles. The fourth-order valence-corrected chi connectivity index (χ4v) is 6.67. The monoisotopic (exact) mass is 588 g/mol. The van der Waals surface area contributed by atoms with E-state index in [1.807, 2.05) is 32.9 Å². The molecule has 0 bridgehead atoms. The summed E-state index contributed by atoms with van der Waals surface area (Å²) in [6.45, 7) is 16.5. The predicted octanol–water partition coefficient (Wildman–Crippen LogP) is 3.85. The van der Waals surface area contributed by atoms with Crippen molar-refractivity contribution in [1.82, 2.24) is 20.4 Å². The first-order valence-corrected chi connectivity index (χ1v) is 15.0. The summed E-state index contributed by atoms with van der Waals surface area (Å²) in [5.74, 6) is -0.937. The minimum absolute atomic E-state index is 0.0830. The molecule has 3 N–H and O–H groups in total. The van der Waals surface area contributed by atoms with Crippen LogP contribution < -0.4 is 10.6 Å². The zero-order valence-corrected chi connectivity index (χ0v) is 26.0. The minimum Gasteiger partial charge on any atom is -0.513 e. The van der Waals surface area contributed by atoms with Crippen LogP contribution in [0.5, 0.6) is 0 Å². The number of hydrogen-bond donors (Lipinski definition) is 3. The van der Waals surface area contributed by atoms with Crippen molar-refractivity contribution in [1.29, 1.82) is 0 Å². The average Bonchev–Trinajstić information content (AvgIpc) is 3.84. The predicted molar refractivity (Wildman–Crippen MR) is 165 cm³/mol. The van der Waals surface area contributed by atoms with Crippen molar-refractivity contribution in [3.05, 3.63) is 82.8 Å². The number of carbonyl (C=O) groups is 3. The van der Waals surface area contributed by atoms with Gasteiger partial charge in [-0.1, -0.05) is 58.2 Å². The van der Waals surface area contributed by atoms with Crippen molar-refractivity contribution in [2.45, 2.75) is 77.0 Å². The van der Waals surface area contributed by atoms with E-state index in [2.05, 4.69) is 40.8 Å². The topological polar surface area (TPSA) is 111 Å². The van der Waals surface area contributed by atoms with Crippen LogP contribution in [-0.4, -0.2) is 77.1 Å². The molecule has 1 aromatic rings. The van der Waals surface area contributed by atoms with E-state index in [1.165, 1.54) is 12.7 Å². The van der Waals surface area contributed by atoms with Crippen molar-refractivity contribution in [2.24, 2.45) is 5.41 Å². The highest BCUT2D eigenvalue weighted by molar-refractivity contribution is 5.94. The summed E-state index contributed by atoms with van der Waals surface area (Å²) in [6, 6.07) is 6.25. The number of carbonyl (C=O) groups excluding carboxylic acids is 3. The van der Waals surface area contributed by atoms with Crippen LogP contribution in [0.4, 0.5) is 0 Å². The molecular formula is C34H44N4O5. The molecule has 4 atom stereocenters. The molecule has 0 spiro atoms. The number of nitrogens with zero attached hydrogens (tertiary/aromatic N) is 2. The molecule has 1 aromatic carbocycles. The van der Waals surface area contributed by atoms with Crippen LogP contribution in [-0.2, 0) is 25.5 Å². The van der Waals surface area contributed by atoms with Gasteiger partial charge < -0.3 is 30.3 Å². The Morgan fingerprint density at radius 2 is 1.95 bits per heavy atom. The molecule has 1 aliphatic carbocycles. The van der Waals surface area contributed by atoms with Gasteiger partial charge in [-0.3, -0.25) is 14.4 Å². The highest BCUT2D eigenvalue weighted by Crippen LogP contribution is 2.65. The second-order valence-electron chi connectivity index (χ2n) is 13.3. The smallest absolute Gasteiger partial charge is 0.246 e. The Morgan fingerprint density at radius 3 is 2.56 bits per heavy atom. The fraction of sp³-hybridized carbons (Fsp3) is 0.500. The number of aliphatic hydroxyl groups is 1. The maximum absolute atomic E-state index is 14.4. The van der Waals surface area contributed by atoms with Gasteiger partial charge in [0.05, 0.1) is 18.3 Å². The quantitative estimate of drug-likeness (QED) is 0.299. The molecule has 2 saturated heterocycles. The Hall–Kier alpha value is -3.85. The van der Waals surface area contributed by atoms with E-state index in [1.54, 1.807) is 17.9 Å². The van der Waals surface area contributed by atoms with Gasteiger partial charge >= 0.3 is 0 Å². The van der Waals surface area contributed by atoms with Crippen LogP contribution in [0.1, 0.15) is 64.1 Å². The summed E-state index contributed by atoms with van der Waals surface area (Å²) in [7, 11) is 1.42. The summed E-state index contributed by atoms with van der Waals surface area (Å²) in [5, 5.41) is 16.4. The summed E-state index contributed by atoms with van der Waals surface area (Å²) in [4.78, 5) is 45.0. The molecule has 0 radical (unpaired) electrons. The molecule has 2 fully saturated rings. The van der Waals surface area contributed by atoms with E-state index < -0.39 is 23.4 Å². The zero-order chi connectivity index (χ0) is 31.3. The number of aliphatic hydroxyl groups excluding tert-OH is 1. The fourth-order valence-electron chi connectivity index (χ4n) is 6.67. The first-order valence-electron chi connectivity index (χ1n) is 15.0. The van der Waals surface area contributed by atoms with Crippen LogP contribution in [0.2, 0.25) is 0 Å². The van der Waals surface area contributed by atoms with Gasteiger partial charge in [0.25, 0.3) is 0 Å². The van der Waals surface area contributed by atoms with E-state index in [0.29, 0.717) is 0 Å². The van der Waals surface area contributed by atoms with E-state index in [9.17, 15) is 19.5 Å². The summed E-state index contributed by atoms with van der Waals surface area (Å²) >= 11 is 0. The molecule has 3 aliphatic heterocycles. The third-order valence-electron chi connectivity index (χ3n) is 9.21. The Balaban J connectivity index is 1.52. The second-order valence-corrected chi connectivity index (χ2v) is 13.3. The van der Waals surface area contributed by atoms with Gasteiger partial charge in [-0.05, 0) is 65.5 Å². The van der Waals surface area contributed by atoms with Crippen LogP contribution in [0.25, 0.3) is 0 Å². The number of aryl methyl sites for hydroxylation is 1. The number of fused-ring (bicyclic) bond motifs is 2. The normalized spacial score (nSPS) is 25.4. The number of ether oxygens (including phenoxy) is 1. The highest BCUT2D eigenvalue weighted by atomic mass is 16.5. The van der Waals surface area contributed by atoms with E-state index in [4.69, 9.17) is 4.74 Å². The standard InChI is InChI=1S/C34H44N4O5/c1-20(39)15-24-17-37(32(42)30(33(4,5)6)36-29(40)18-43-7)28(16-26(24)21(2)34-19-38(34)22(34)3)31(41)35-27-14-10-12-23-11-8-9-13-25(23)27/h8-9,11,13,15,27-28,30,39H,2-3,10,12,14,16-19H2,1,4-7H3,(H,35,41)(H,36,40)/b20-15+/t27-,28+,30-,34?,38?/m1/s1. The SMILES string of the molecule is C=C(C1=C(/C=C(\C)O)CN(C(=O)[C@@H](NC(=O)COC)C(C)(C)C)[C@H](C(=O)N[C@@H]2CCCc3ccccc32)C1)C12CN1C2=C. The molecule has 9 heteroatoms. The number of hydrogen-bond acceptors (Lipinski definition) is 6. The Bertz CT molecular complexity index is 1430. The maximum atomic E-state index is 14.4. The number of benzene rings is 1. The van der Waals surface area contributed by atoms with Crippen molar-refractivity contribution in [3.63, 3.8) is 0 Å². The summed E-state index contributed by atoms with van der Waals surface area (Å²) < 4.78 is 5.00. The number of methoxy groups -OCH3 is 1. The molecule has 1 unspecified atom stereocenters. The highest BCUT2D eigenvalue weighted by Gasteiger charge is 2.74. The molecule has 3 amide bonds. The number of rotatable bonds is 9. The number of amides is 3. The largest absolute Gasteiger partial charge is 0.513 e. The Labute approximate surface area is 254 Å². The molecule has 9 nitrogen and oxygen atoms in total. The van der Waals surface area contributed by atoms with Gasteiger partial charge in [0.2, 0.25) is 17.7 Å². The van der Waals surface area contributed by atoms with Gasteiger partial charge in [-0.15, -0.1) is 0 Å². The van der Waals surface area contributed by atoms with Crippen molar-refractivity contribution in [2.75, 3.05) is 26.8 Å². The molecule has 5 rings (SSSR count). The third kappa shape index (κ3) is 5.75. The summed E-state index contributed by atoms with van der Waals surface area (Å²) in [5.41, 5.74) is 4.84. The minimum atomic E-state index is -0.910. The Morgan fingerprint density at radius 1 is 1.26 bits per heavy atom. The van der Waals surface area contributed by atoms with Gasteiger partial charge in [-0.2, -0.15) is 0 Å². The van der Waals surface area contributed by atoms with Gasteiger partial charge in [0.15, 0.2) is 0 Å². The first-order chi connectivity index (χ1) is 20.3. The van der Waals surface area contributed by atoms with Crippen molar-refractivity contribution < 1.29 is 24.2 Å². The lowest BCUT2D eigenvalue weighted by Gasteiger charge is -2.42. The lowest BCUT2D eigenvalue weighted by molar-refractivity contribution is -0.146. The zero-order valence-electron chi connectivity index (χ0n) is 26.0. The van der Waals surface area contributed by atoms with Gasteiger partial charge in [-0.25, -0.2) is 0 Å². The van der Waals surface area contributed by atoms with E-state index in [-0.39, 0.29) is 48.7 Å². The molecular weight excluding hydrogens is 544 g/mol. The van der Waals surface area contributed by atoms with Crippen LogP contribution >= 0.6 is 0 Å². The molecule has 4 aliphatic rings.